The van der Waals surface area contributed by atoms with Gasteiger partial charge in [0.15, 0.2) is 0 Å². The lowest BCUT2D eigenvalue weighted by molar-refractivity contribution is 0.152. The Morgan fingerprint density at radius 2 is 1.95 bits per heavy atom. The molecule has 3 aliphatic carbocycles. The summed E-state index contributed by atoms with van der Waals surface area (Å²) < 4.78 is 0. The first-order valence-electron chi connectivity index (χ1n) is 9.08. The third-order valence-corrected chi connectivity index (χ3v) is 6.76. The number of rotatable bonds is 5. The van der Waals surface area contributed by atoms with Gasteiger partial charge in [0.1, 0.15) is 0 Å². The fourth-order valence-corrected chi connectivity index (χ4v) is 5.06. The number of hydrogen-bond acceptors (Lipinski definition) is 0. The zero-order valence-corrected chi connectivity index (χ0v) is 14.5. The summed E-state index contributed by atoms with van der Waals surface area (Å²) in [7, 11) is 0. The van der Waals surface area contributed by atoms with Crippen LogP contribution in [0.5, 0.6) is 0 Å². The predicted molar refractivity (Wildman–Crippen MR) is 90.9 cm³/mol. The van der Waals surface area contributed by atoms with Crippen molar-refractivity contribution in [3.05, 3.63) is 29.0 Å². The minimum Gasteiger partial charge on any atom is -0.126 e. The van der Waals surface area contributed by atoms with Crippen molar-refractivity contribution in [3.63, 3.8) is 0 Å². The zero-order valence-electron chi connectivity index (χ0n) is 14.5. The van der Waals surface area contributed by atoms with E-state index in [1.54, 1.807) is 0 Å². The molecule has 3 saturated carbocycles. The summed E-state index contributed by atoms with van der Waals surface area (Å²) in [6, 6.07) is 0. The molecule has 0 heteroatoms. The maximum absolute atomic E-state index is 3.59. The lowest BCUT2D eigenvalue weighted by Crippen LogP contribution is -2.28. The van der Waals surface area contributed by atoms with E-state index >= 15 is 0 Å². The molecule has 0 aliphatic heterocycles. The minimum atomic E-state index is 0.756. The van der Waals surface area contributed by atoms with Crippen molar-refractivity contribution in [1.29, 1.82) is 0 Å². The van der Waals surface area contributed by atoms with Gasteiger partial charge in [0.25, 0.3) is 0 Å². The number of allylic oxidation sites excluding steroid dienone is 3. The molecular weight excluding hydrogens is 252 g/mol. The quantitative estimate of drug-likeness (QED) is 0.428. The summed E-state index contributed by atoms with van der Waals surface area (Å²) in [5, 5.41) is 0. The van der Waals surface area contributed by atoms with Gasteiger partial charge in [-0.05, 0) is 86.2 Å². The summed E-state index contributed by atoms with van der Waals surface area (Å²) in [5.74, 6) is 6.50. The SMILES string of the molecule is CC(=C=CCC(C)=CC(C)C1CCC1C)C1C(C)C2CC21. The Labute approximate surface area is 131 Å². The van der Waals surface area contributed by atoms with E-state index < -0.39 is 0 Å². The fraction of sp³-hybridized carbons (Fsp3) is 0.762. The molecule has 0 aromatic carbocycles. The molecule has 7 unspecified atom stereocenters. The van der Waals surface area contributed by atoms with Crippen LogP contribution in [0, 0.1) is 41.4 Å². The van der Waals surface area contributed by atoms with Crippen molar-refractivity contribution in [2.75, 3.05) is 0 Å². The predicted octanol–water partition coefficient (Wildman–Crippen LogP) is 6.01. The van der Waals surface area contributed by atoms with Crippen LogP contribution in [0.4, 0.5) is 0 Å². The number of fused-ring (bicyclic) bond motifs is 1. The molecule has 0 spiro atoms. The summed E-state index contributed by atoms with van der Waals surface area (Å²) in [5.41, 5.74) is 6.62. The average Bonchev–Trinajstić information content (AvgIpc) is 3.11. The molecule has 3 rings (SSSR count). The Morgan fingerprint density at radius 1 is 1.19 bits per heavy atom. The molecule has 0 N–H and O–H groups in total. The van der Waals surface area contributed by atoms with E-state index in [1.807, 2.05) is 0 Å². The second kappa shape index (κ2) is 5.81. The molecule has 7 atom stereocenters. The van der Waals surface area contributed by atoms with Crippen LogP contribution in [-0.2, 0) is 0 Å². The first-order chi connectivity index (χ1) is 9.99. The van der Waals surface area contributed by atoms with E-state index in [0.717, 1.165) is 47.8 Å². The zero-order chi connectivity index (χ0) is 15.1. The van der Waals surface area contributed by atoms with Crippen LogP contribution < -0.4 is 0 Å². The van der Waals surface area contributed by atoms with Crippen LogP contribution in [0.2, 0.25) is 0 Å². The molecular formula is C21H32. The molecule has 0 heterocycles. The lowest BCUT2D eigenvalue weighted by Gasteiger charge is -2.37. The number of hydrogen-bond donors (Lipinski definition) is 0. The summed E-state index contributed by atoms with van der Waals surface area (Å²) in [6.45, 7) is 11.8. The molecule has 0 radical (unpaired) electrons. The largest absolute Gasteiger partial charge is 0.126 e. The summed E-state index contributed by atoms with van der Waals surface area (Å²) in [6.07, 6.45) is 10.2. The second-order valence-electron chi connectivity index (χ2n) is 8.27. The molecule has 21 heavy (non-hydrogen) atoms. The standard InChI is InChI=1S/C21H32/c1-13(11-16(4)18-10-9-14(18)2)7-6-8-15(3)21-17(5)19-12-20(19)21/h6,11,14,16-21H,7,9-10,12H2,1-5H3. The van der Waals surface area contributed by atoms with Gasteiger partial charge in [-0.1, -0.05) is 38.8 Å². The molecule has 0 aromatic heterocycles. The van der Waals surface area contributed by atoms with E-state index in [9.17, 15) is 0 Å². The van der Waals surface area contributed by atoms with E-state index in [0.29, 0.717) is 0 Å². The molecule has 0 amide bonds. The molecule has 0 saturated heterocycles. The van der Waals surface area contributed by atoms with Gasteiger partial charge < -0.3 is 0 Å². The highest BCUT2D eigenvalue weighted by atomic mass is 14.6. The van der Waals surface area contributed by atoms with Gasteiger partial charge in [0.2, 0.25) is 0 Å². The molecule has 116 valence electrons. The fourth-order valence-electron chi connectivity index (χ4n) is 5.06. The minimum absolute atomic E-state index is 0.756. The molecule has 0 nitrogen and oxygen atoms in total. The molecule has 3 fully saturated rings. The molecule has 0 aromatic rings. The van der Waals surface area contributed by atoms with Crippen molar-refractivity contribution in [1.82, 2.24) is 0 Å². The lowest BCUT2D eigenvalue weighted by atomic mass is 9.68. The Morgan fingerprint density at radius 3 is 2.48 bits per heavy atom. The Hall–Kier alpha value is -0.740. The third-order valence-electron chi connectivity index (χ3n) is 6.76. The van der Waals surface area contributed by atoms with Gasteiger partial charge in [-0.3, -0.25) is 0 Å². The Kier molecular flexibility index (Phi) is 4.19. The van der Waals surface area contributed by atoms with Crippen LogP contribution >= 0.6 is 0 Å². The van der Waals surface area contributed by atoms with Crippen molar-refractivity contribution in [2.45, 2.75) is 60.3 Å². The second-order valence-corrected chi connectivity index (χ2v) is 8.27. The van der Waals surface area contributed by atoms with Gasteiger partial charge >= 0.3 is 0 Å². The maximum Gasteiger partial charge on any atom is -0.00653 e. The van der Waals surface area contributed by atoms with Gasteiger partial charge in [-0.15, -0.1) is 5.73 Å². The van der Waals surface area contributed by atoms with Crippen LogP contribution in [0.25, 0.3) is 0 Å². The maximum atomic E-state index is 3.59. The highest BCUT2D eigenvalue weighted by Crippen LogP contribution is 2.65. The van der Waals surface area contributed by atoms with Crippen molar-refractivity contribution in [3.8, 4) is 0 Å². The first kappa shape index (κ1) is 15.2. The van der Waals surface area contributed by atoms with E-state index in [-0.39, 0.29) is 0 Å². The van der Waals surface area contributed by atoms with Crippen LogP contribution in [0.1, 0.15) is 60.3 Å². The van der Waals surface area contributed by atoms with Gasteiger partial charge in [0, 0.05) is 0 Å². The van der Waals surface area contributed by atoms with Crippen LogP contribution in [-0.4, -0.2) is 0 Å². The van der Waals surface area contributed by atoms with Crippen molar-refractivity contribution in [2.24, 2.45) is 41.4 Å². The van der Waals surface area contributed by atoms with E-state index in [2.05, 4.69) is 52.5 Å². The Balaban J connectivity index is 1.52. The van der Waals surface area contributed by atoms with Gasteiger partial charge in [-0.2, -0.15) is 0 Å². The van der Waals surface area contributed by atoms with E-state index in [4.69, 9.17) is 0 Å². The summed E-state index contributed by atoms with van der Waals surface area (Å²) >= 11 is 0. The van der Waals surface area contributed by atoms with E-state index in [1.165, 1.54) is 30.4 Å². The van der Waals surface area contributed by atoms with Crippen LogP contribution in [0.15, 0.2) is 29.0 Å². The van der Waals surface area contributed by atoms with Crippen molar-refractivity contribution < 1.29 is 0 Å². The van der Waals surface area contributed by atoms with Gasteiger partial charge in [0.05, 0.1) is 0 Å². The monoisotopic (exact) mass is 284 g/mol. The van der Waals surface area contributed by atoms with Gasteiger partial charge in [-0.25, -0.2) is 0 Å². The smallest absolute Gasteiger partial charge is 0.00653 e. The topological polar surface area (TPSA) is 0 Å². The highest BCUT2D eigenvalue weighted by Gasteiger charge is 2.59. The van der Waals surface area contributed by atoms with Crippen molar-refractivity contribution >= 4 is 0 Å². The average molecular weight is 284 g/mol. The summed E-state index contributed by atoms with van der Waals surface area (Å²) in [4.78, 5) is 0. The van der Waals surface area contributed by atoms with Crippen LogP contribution in [0.3, 0.4) is 0 Å². The highest BCUT2D eigenvalue weighted by molar-refractivity contribution is 5.21. The Bertz CT molecular complexity index is 488. The normalized spacial score (nSPS) is 42.0. The third kappa shape index (κ3) is 2.93. The first-order valence-corrected chi connectivity index (χ1v) is 9.08. The molecule has 0 bridgehead atoms. The molecule has 3 aliphatic rings.